The minimum Gasteiger partial charge on any atom is -0.497 e. The summed E-state index contributed by atoms with van der Waals surface area (Å²) in [6.07, 6.45) is 0.716. The molecule has 0 aliphatic carbocycles. The third kappa shape index (κ3) is 4.00. The van der Waals surface area contributed by atoms with Gasteiger partial charge in [0.1, 0.15) is 11.6 Å². The molecule has 29 heavy (non-hydrogen) atoms. The van der Waals surface area contributed by atoms with Crippen LogP contribution in [-0.4, -0.2) is 47.6 Å². The highest BCUT2D eigenvalue weighted by atomic mass is 16.5. The van der Waals surface area contributed by atoms with Crippen molar-refractivity contribution in [1.82, 2.24) is 19.8 Å². The topological polar surface area (TPSA) is 76.5 Å². The number of rotatable bonds is 4. The van der Waals surface area contributed by atoms with Crippen molar-refractivity contribution in [2.24, 2.45) is 0 Å². The van der Waals surface area contributed by atoms with Crippen LogP contribution in [-0.2, 0) is 19.5 Å². The quantitative estimate of drug-likeness (QED) is 0.733. The van der Waals surface area contributed by atoms with E-state index in [1.807, 2.05) is 31.3 Å². The van der Waals surface area contributed by atoms with Crippen LogP contribution in [0.25, 0.3) is 10.9 Å². The molecule has 3 aromatic rings. The summed E-state index contributed by atoms with van der Waals surface area (Å²) in [5.41, 5.74) is 1.97. The van der Waals surface area contributed by atoms with Crippen molar-refractivity contribution in [2.75, 3.05) is 27.2 Å². The minimum atomic E-state index is -0.203. The molecule has 0 saturated heterocycles. The average molecular weight is 392 g/mol. The molecule has 1 amide bonds. The number of fused-ring (bicyclic) bond motifs is 2. The Bertz CT molecular complexity index is 1120. The van der Waals surface area contributed by atoms with Gasteiger partial charge < -0.3 is 15.0 Å². The van der Waals surface area contributed by atoms with Crippen LogP contribution in [0.2, 0.25) is 0 Å². The van der Waals surface area contributed by atoms with E-state index in [2.05, 4.69) is 10.2 Å². The number of likely N-dealkylation sites (N-methyl/N-ethyl adjacent to an activating group) is 1. The highest BCUT2D eigenvalue weighted by Gasteiger charge is 2.17. The third-order valence-electron chi connectivity index (χ3n) is 5.31. The van der Waals surface area contributed by atoms with Gasteiger partial charge >= 0.3 is 0 Å². The number of ether oxygens (including phenoxy) is 1. The van der Waals surface area contributed by atoms with Gasteiger partial charge in [-0.25, -0.2) is 4.98 Å². The Balaban J connectivity index is 1.58. The number of methoxy groups -OCH3 is 1. The van der Waals surface area contributed by atoms with Gasteiger partial charge in [0.25, 0.3) is 11.5 Å². The first kappa shape index (κ1) is 19.1. The molecule has 4 rings (SSSR count). The van der Waals surface area contributed by atoms with Crippen molar-refractivity contribution in [2.45, 2.75) is 19.5 Å². The van der Waals surface area contributed by atoms with E-state index < -0.39 is 0 Å². The van der Waals surface area contributed by atoms with E-state index >= 15 is 0 Å². The van der Waals surface area contributed by atoms with E-state index in [-0.39, 0.29) is 11.5 Å². The number of nitrogens with zero attached hydrogens (tertiary/aromatic N) is 3. The number of carbonyl (C=O) groups is 1. The maximum absolute atomic E-state index is 12.9. The van der Waals surface area contributed by atoms with Gasteiger partial charge in [-0.05, 0) is 42.9 Å². The highest BCUT2D eigenvalue weighted by Crippen LogP contribution is 2.15. The van der Waals surface area contributed by atoms with Crippen LogP contribution in [0.5, 0.6) is 5.75 Å². The Morgan fingerprint density at radius 3 is 2.86 bits per heavy atom. The van der Waals surface area contributed by atoms with E-state index in [0.717, 1.165) is 30.2 Å². The maximum Gasteiger partial charge on any atom is 0.261 e. The molecule has 2 aromatic carbocycles. The zero-order valence-electron chi connectivity index (χ0n) is 16.6. The van der Waals surface area contributed by atoms with Gasteiger partial charge in [-0.1, -0.05) is 12.1 Å². The second-order valence-corrected chi connectivity index (χ2v) is 7.30. The number of hydrogen-bond donors (Lipinski definition) is 1. The molecule has 1 aromatic heterocycles. The van der Waals surface area contributed by atoms with Gasteiger partial charge in [0.05, 0.1) is 18.0 Å². The molecular formula is C22H24N4O3. The molecule has 7 heteroatoms. The Morgan fingerprint density at radius 2 is 2.03 bits per heavy atom. The van der Waals surface area contributed by atoms with Crippen molar-refractivity contribution in [3.8, 4) is 5.75 Å². The van der Waals surface area contributed by atoms with Gasteiger partial charge in [-0.2, -0.15) is 0 Å². The van der Waals surface area contributed by atoms with Crippen LogP contribution in [0.3, 0.4) is 0 Å². The van der Waals surface area contributed by atoms with Crippen LogP contribution in [0.15, 0.2) is 47.3 Å². The number of aromatic nitrogens is 2. The summed E-state index contributed by atoms with van der Waals surface area (Å²) >= 11 is 0. The van der Waals surface area contributed by atoms with Gasteiger partial charge in [-0.3, -0.25) is 14.2 Å². The van der Waals surface area contributed by atoms with E-state index in [9.17, 15) is 9.59 Å². The molecule has 7 nitrogen and oxygen atoms in total. The van der Waals surface area contributed by atoms with E-state index in [1.165, 1.54) is 0 Å². The summed E-state index contributed by atoms with van der Waals surface area (Å²) in [5, 5.41) is 3.46. The van der Waals surface area contributed by atoms with Crippen molar-refractivity contribution < 1.29 is 9.53 Å². The number of nitrogens with one attached hydrogen (secondary N) is 1. The predicted molar refractivity (Wildman–Crippen MR) is 111 cm³/mol. The first-order valence-corrected chi connectivity index (χ1v) is 9.68. The fourth-order valence-electron chi connectivity index (χ4n) is 3.57. The lowest BCUT2D eigenvalue weighted by molar-refractivity contribution is 0.0951. The number of benzene rings is 2. The molecule has 0 saturated carbocycles. The predicted octanol–water partition coefficient (Wildman–Crippen LogP) is 1.82. The van der Waals surface area contributed by atoms with E-state index in [1.54, 1.807) is 29.9 Å². The molecule has 0 bridgehead atoms. The Morgan fingerprint density at radius 1 is 1.17 bits per heavy atom. The molecule has 0 radical (unpaired) electrons. The third-order valence-corrected chi connectivity index (χ3v) is 5.31. The summed E-state index contributed by atoms with van der Waals surface area (Å²) in [7, 11) is 3.66. The Hall–Kier alpha value is -3.19. The van der Waals surface area contributed by atoms with E-state index in [0.29, 0.717) is 36.0 Å². The minimum absolute atomic E-state index is 0.0383. The lowest BCUT2D eigenvalue weighted by Crippen LogP contribution is -2.27. The monoisotopic (exact) mass is 392 g/mol. The summed E-state index contributed by atoms with van der Waals surface area (Å²) in [4.78, 5) is 32.4. The van der Waals surface area contributed by atoms with Crippen LogP contribution >= 0.6 is 0 Å². The molecule has 0 fully saturated rings. The smallest absolute Gasteiger partial charge is 0.261 e. The lowest BCUT2D eigenvalue weighted by atomic mass is 10.1. The second-order valence-electron chi connectivity index (χ2n) is 7.30. The lowest BCUT2D eigenvalue weighted by Gasteiger charge is -2.11. The average Bonchev–Trinajstić information content (AvgIpc) is 2.93. The maximum atomic E-state index is 12.9. The first-order chi connectivity index (χ1) is 14.0. The molecule has 2 heterocycles. The van der Waals surface area contributed by atoms with E-state index in [4.69, 9.17) is 9.72 Å². The van der Waals surface area contributed by atoms with Crippen LogP contribution < -0.4 is 15.6 Å². The number of carbonyl (C=O) groups excluding carboxylic acids is 1. The normalized spacial score (nSPS) is 14.3. The first-order valence-electron chi connectivity index (χ1n) is 9.68. The van der Waals surface area contributed by atoms with Crippen molar-refractivity contribution >= 4 is 16.8 Å². The largest absolute Gasteiger partial charge is 0.497 e. The fraction of sp³-hybridized carbons (Fsp3) is 0.318. The van der Waals surface area contributed by atoms with Crippen molar-refractivity contribution in [3.05, 3.63) is 69.8 Å². The zero-order valence-corrected chi connectivity index (χ0v) is 16.6. The molecule has 1 aliphatic heterocycles. The van der Waals surface area contributed by atoms with Crippen LogP contribution in [0, 0.1) is 0 Å². The molecule has 1 aliphatic rings. The van der Waals surface area contributed by atoms with Crippen LogP contribution in [0.4, 0.5) is 0 Å². The zero-order chi connectivity index (χ0) is 20.4. The van der Waals surface area contributed by atoms with Crippen LogP contribution in [0.1, 0.15) is 21.7 Å². The number of amides is 1. The summed E-state index contributed by atoms with van der Waals surface area (Å²) in [5.74, 6) is 1.32. The molecule has 0 spiro atoms. The molecular weight excluding hydrogens is 368 g/mol. The molecule has 1 N–H and O–H groups in total. The highest BCUT2D eigenvalue weighted by molar-refractivity contribution is 5.97. The summed E-state index contributed by atoms with van der Waals surface area (Å²) in [6.45, 7) is 2.71. The van der Waals surface area contributed by atoms with Gasteiger partial charge in [0, 0.05) is 38.2 Å². The standard InChI is InChI=1S/C22H24N4O3/c1-25-9-8-20-24-19-13-16(6-7-18(19)22(28)26(20)11-10-25)21(27)23-14-15-4-3-5-17(12-15)29-2/h3-7,12-13H,8-11,14H2,1-2H3,(H,23,27). The van der Waals surface area contributed by atoms with Crippen molar-refractivity contribution in [3.63, 3.8) is 0 Å². The molecule has 0 unspecified atom stereocenters. The van der Waals surface area contributed by atoms with Gasteiger partial charge in [0.2, 0.25) is 0 Å². The summed E-state index contributed by atoms with van der Waals surface area (Å²) in [6, 6.07) is 12.6. The molecule has 0 atom stereocenters. The Kier molecular flexibility index (Phi) is 5.31. The molecule has 150 valence electrons. The SMILES string of the molecule is COc1cccc(CNC(=O)c2ccc3c(=O)n4c(nc3c2)CCN(C)CC4)c1. The summed E-state index contributed by atoms with van der Waals surface area (Å²) < 4.78 is 6.97. The van der Waals surface area contributed by atoms with Gasteiger partial charge in [-0.15, -0.1) is 0 Å². The number of hydrogen-bond acceptors (Lipinski definition) is 5. The fourth-order valence-corrected chi connectivity index (χ4v) is 3.57. The van der Waals surface area contributed by atoms with Gasteiger partial charge in [0.15, 0.2) is 0 Å². The second kappa shape index (κ2) is 8.05. The Labute approximate surface area is 168 Å². The van der Waals surface area contributed by atoms with Crippen molar-refractivity contribution in [1.29, 1.82) is 0 Å².